The number of carbonyl (C=O) groups is 3. The number of anilines is 1. The number of hydrogen-bond donors (Lipinski definition) is 1. The Morgan fingerprint density at radius 1 is 1.38 bits per heavy atom. The molecule has 1 heterocycles. The largest absolute Gasteiger partial charge is 0.462 e. The van der Waals surface area contributed by atoms with Crippen LogP contribution in [0.15, 0.2) is 18.2 Å². The van der Waals surface area contributed by atoms with E-state index < -0.39 is 17.3 Å². The zero-order chi connectivity index (χ0) is 17.9. The van der Waals surface area contributed by atoms with Gasteiger partial charge in [0.05, 0.1) is 23.3 Å². The van der Waals surface area contributed by atoms with Crippen LogP contribution in [0.5, 0.6) is 0 Å². The first-order valence-electron chi connectivity index (χ1n) is 7.27. The van der Waals surface area contributed by atoms with Crippen molar-refractivity contribution >= 4 is 58.4 Å². The standard InChI is InChI=1S/C15H16Cl2N2O4S/c1-2-23-15(22)11(18)7-24-12-6-13(20)19(14(12)21)10-4-8(16)3-9(17)5-10/h3-5,11-12H,2,6-7,18H2,1H3/p+1/t11-,12-/m0/s1. The number of esters is 1. The first-order valence-corrected chi connectivity index (χ1v) is 9.08. The van der Waals surface area contributed by atoms with Crippen LogP contribution in [0.1, 0.15) is 13.3 Å². The van der Waals surface area contributed by atoms with Crippen molar-refractivity contribution in [1.29, 1.82) is 0 Å². The molecule has 6 nitrogen and oxygen atoms in total. The molecule has 1 aromatic rings. The topological polar surface area (TPSA) is 91.3 Å². The summed E-state index contributed by atoms with van der Waals surface area (Å²) in [5, 5.41) is 0.123. The van der Waals surface area contributed by atoms with Crippen LogP contribution in [-0.2, 0) is 19.1 Å². The molecule has 0 spiro atoms. The Bertz CT molecular complexity index is 651. The molecule has 2 atom stereocenters. The van der Waals surface area contributed by atoms with Crippen LogP contribution in [0.3, 0.4) is 0 Å². The number of amides is 2. The molecule has 0 saturated carbocycles. The summed E-state index contributed by atoms with van der Waals surface area (Å²) in [6.07, 6.45) is 0.0587. The Labute approximate surface area is 153 Å². The van der Waals surface area contributed by atoms with Crippen molar-refractivity contribution < 1.29 is 24.9 Å². The average molecular weight is 392 g/mol. The number of rotatable bonds is 6. The quantitative estimate of drug-likeness (QED) is 0.586. The maximum atomic E-state index is 12.5. The van der Waals surface area contributed by atoms with Crippen LogP contribution in [-0.4, -0.2) is 41.4 Å². The summed E-state index contributed by atoms with van der Waals surface area (Å²) >= 11 is 13.1. The summed E-state index contributed by atoms with van der Waals surface area (Å²) in [7, 11) is 0. The summed E-state index contributed by atoms with van der Waals surface area (Å²) in [5.74, 6) is -0.792. The Kier molecular flexibility index (Phi) is 6.51. The number of halogens is 2. The van der Waals surface area contributed by atoms with Gasteiger partial charge in [-0.1, -0.05) is 23.2 Å². The number of benzene rings is 1. The fourth-order valence-corrected chi connectivity index (χ4v) is 3.86. The minimum absolute atomic E-state index is 0.0587. The Morgan fingerprint density at radius 3 is 2.58 bits per heavy atom. The van der Waals surface area contributed by atoms with Gasteiger partial charge >= 0.3 is 5.97 Å². The van der Waals surface area contributed by atoms with Gasteiger partial charge in [0.25, 0.3) is 0 Å². The van der Waals surface area contributed by atoms with Gasteiger partial charge in [0.1, 0.15) is 0 Å². The summed E-state index contributed by atoms with van der Waals surface area (Å²) < 4.78 is 4.88. The van der Waals surface area contributed by atoms with Crippen LogP contribution < -0.4 is 10.6 Å². The molecule has 0 aromatic heterocycles. The fraction of sp³-hybridized carbons (Fsp3) is 0.400. The van der Waals surface area contributed by atoms with E-state index in [4.69, 9.17) is 27.9 Å². The molecule has 130 valence electrons. The van der Waals surface area contributed by atoms with Crippen LogP contribution in [0.25, 0.3) is 0 Å². The molecule has 1 aliphatic rings. The maximum absolute atomic E-state index is 12.5. The number of thioether (sulfide) groups is 1. The van der Waals surface area contributed by atoms with Gasteiger partial charge in [-0.3, -0.25) is 9.59 Å². The molecule has 9 heteroatoms. The molecule has 1 saturated heterocycles. The number of nitrogens with zero attached hydrogens (tertiary/aromatic N) is 1. The number of ether oxygens (including phenoxy) is 1. The van der Waals surface area contributed by atoms with Crippen molar-refractivity contribution in [2.24, 2.45) is 0 Å². The molecule has 0 aliphatic carbocycles. The second kappa shape index (κ2) is 8.20. The van der Waals surface area contributed by atoms with Gasteiger partial charge in [0.15, 0.2) is 6.04 Å². The SMILES string of the molecule is CCOC(=O)[C@@H]([NH3+])CS[C@H]1CC(=O)N(c2cc(Cl)cc(Cl)c2)C1=O. The number of quaternary nitrogens is 1. The zero-order valence-corrected chi connectivity index (χ0v) is 15.3. The molecule has 3 N–H and O–H groups in total. The third-order valence-electron chi connectivity index (χ3n) is 3.33. The lowest BCUT2D eigenvalue weighted by Crippen LogP contribution is -2.66. The molecular formula is C15H17Cl2N2O4S+. The highest BCUT2D eigenvalue weighted by molar-refractivity contribution is 8.00. The maximum Gasteiger partial charge on any atom is 0.365 e. The second-order valence-electron chi connectivity index (χ2n) is 5.17. The van der Waals surface area contributed by atoms with Gasteiger partial charge in [-0.25, -0.2) is 9.69 Å². The third-order valence-corrected chi connectivity index (χ3v) is 5.13. The van der Waals surface area contributed by atoms with Crippen molar-refractivity contribution in [3.8, 4) is 0 Å². The fourth-order valence-electron chi connectivity index (χ4n) is 2.23. The summed E-state index contributed by atoms with van der Waals surface area (Å²) in [4.78, 5) is 37.4. The van der Waals surface area contributed by atoms with E-state index in [-0.39, 0.29) is 24.8 Å². The Hall–Kier alpha value is -1.28. The van der Waals surface area contributed by atoms with Crippen molar-refractivity contribution in [1.82, 2.24) is 0 Å². The lowest BCUT2D eigenvalue weighted by molar-refractivity contribution is -0.401. The highest BCUT2D eigenvalue weighted by atomic mass is 35.5. The minimum Gasteiger partial charge on any atom is -0.462 e. The van der Waals surface area contributed by atoms with Gasteiger partial charge in [-0.2, -0.15) is 0 Å². The number of imide groups is 1. The van der Waals surface area contributed by atoms with E-state index in [1.807, 2.05) is 0 Å². The van der Waals surface area contributed by atoms with Crippen LogP contribution >= 0.6 is 35.0 Å². The molecule has 0 bridgehead atoms. The molecular weight excluding hydrogens is 375 g/mol. The smallest absolute Gasteiger partial charge is 0.365 e. The predicted octanol–water partition coefficient (Wildman–Crippen LogP) is 1.53. The van der Waals surface area contributed by atoms with Crippen LogP contribution in [0.2, 0.25) is 10.0 Å². The zero-order valence-electron chi connectivity index (χ0n) is 13.0. The van der Waals surface area contributed by atoms with Crippen LogP contribution in [0, 0.1) is 0 Å². The molecule has 2 amide bonds. The molecule has 24 heavy (non-hydrogen) atoms. The minimum atomic E-state index is -0.590. The van der Waals surface area contributed by atoms with Gasteiger partial charge in [-0.15, -0.1) is 11.8 Å². The normalized spacial score (nSPS) is 18.8. The molecule has 1 aliphatic heterocycles. The first kappa shape index (κ1) is 19.1. The van der Waals surface area contributed by atoms with E-state index in [0.29, 0.717) is 21.5 Å². The van der Waals surface area contributed by atoms with E-state index in [9.17, 15) is 14.4 Å². The molecule has 1 aromatic carbocycles. The predicted molar refractivity (Wildman–Crippen MR) is 93.1 cm³/mol. The summed E-state index contributed by atoms with van der Waals surface area (Å²) in [6.45, 7) is 1.99. The van der Waals surface area contributed by atoms with E-state index in [1.165, 1.54) is 30.0 Å². The van der Waals surface area contributed by atoms with Crippen LogP contribution in [0.4, 0.5) is 5.69 Å². The summed E-state index contributed by atoms with van der Waals surface area (Å²) in [5.41, 5.74) is 4.07. The molecule has 0 unspecified atom stereocenters. The molecule has 0 radical (unpaired) electrons. The second-order valence-corrected chi connectivity index (χ2v) is 7.28. The molecule has 2 rings (SSSR count). The lowest BCUT2D eigenvalue weighted by Gasteiger charge is -2.16. The lowest BCUT2D eigenvalue weighted by atomic mass is 10.3. The number of hydrogen-bond acceptors (Lipinski definition) is 5. The highest BCUT2D eigenvalue weighted by Gasteiger charge is 2.40. The Morgan fingerprint density at radius 2 is 2.00 bits per heavy atom. The average Bonchev–Trinajstić information content (AvgIpc) is 2.78. The summed E-state index contributed by atoms with van der Waals surface area (Å²) in [6, 6.07) is 3.96. The van der Waals surface area contributed by atoms with Crippen molar-refractivity contribution in [3.63, 3.8) is 0 Å². The van der Waals surface area contributed by atoms with E-state index >= 15 is 0 Å². The Balaban J connectivity index is 2.05. The van der Waals surface area contributed by atoms with Gasteiger partial charge < -0.3 is 10.5 Å². The van der Waals surface area contributed by atoms with E-state index in [1.54, 1.807) is 6.92 Å². The van der Waals surface area contributed by atoms with Gasteiger partial charge in [-0.05, 0) is 25.1 Å². The first-order chi connectivity index (χ1) is 11.3. The van der Waals surface area contributed by atoms with E-state index in [2.05, 4.69) is 5.73 Å². The van der Waals surface area contributed by atoms with Crippen molar-refractivity contribution in [3.05, 3.63) is 28.2 Å². The van der Waals surface area contributed by atoms with Crippen molar-refractivity contribution in [2.45, 2.75) is 24.6 Å². The van der Waals surface area contributed by atoms with Gasteiger partial charge in [0, 0.05) is 16.5 Å². The van der Waals surface area contributed by atoms with E-state index in [0.717, 1.165) is 4.90 Å². The van der Waals surface area contributed by atoms with Crippen molar-refractivity contribution in [2.75, 3.05) is 17.3 Å². The monoisotopic (exact) mass is 391 g/mol. The highest BCUT2D eigenvalue weighted by Crippen LogP contribution is 2.32. The van der Waals surface area contributed by atoms with Gasteiger partial charge in [0.2, 0.25) is 11.8 Å². The third kappa shape index (κ3) is 4.42. The molecule has 1 fully saturated rings. The number of carbonyl (C=O) groups excluding carboxylic acids is 3.